The van der Waals surface area contributed by atoms with Crippen molar-refractivity contribution in [3.63, 3.8) is 0 Å². The number of allylic oxidation sites excluding steroid dienone is 6. The van der Waals surface area contributed by atoms with Crippen LogP contribution < -0.4 is 0 Å². The van der Waals surface area contributed by atoms with Crippen molar-refractivity contribution in [2.45, 2.75) is 70.8 Å². The van der Waals surface area contributed by atoms with Crippen LogP contribution in [0.2, 0.25) is 0 Å². The fraction of sp³-hybridized carbons (Fsp3) is 0.607. The van der Waals surface area contributed by atoms with Gasteiger partial charge in [-0.15, -0.1) is 11.6 Å². The lowest BCUT2D eigenvalue weighted by Crippen LogP contribution is -2.67. The Balaban J connectivity index is 1.84. The Labute approximate surface area is 216 Å². The summed E-state index contributed by atoms with van der Waals surface area (Å²) in [5.41, 5.74) is -2.94. The van der Waals surface area contributed by atoms with Crippen molar-refractivity contribution in [3.05, 3.63) is 36.0 Å². The topological polar surface area (TPSA) is 104 Å². The molecule has 0 aromatic rings. The lowest BCUT2D eigenvalue weighted by atomic mass is 9.47. The van der Waals surface area contributed by atoms with E-state index in [1.54, 1.807) is 19.9 Å². The number of fused-ring (bicyclic) bond motifs is 5. The lowest BCUT2D eigenvalue weighted by Gasteiger charge is -2.59. The number of hydrogen-bond acceptors (Lipinski definition) is 7. The Bertz CT molecular complexity index is 1130. The molecule has 0 amide bonds. The maximum absolute atomic E-state index is 14.1. The third-order valence-electron chi connectivity index (χ3n) is 9.14. The van der Waals surface area contributed by atoms with Gasteiger partial charge in [-0.25, -0.2) is 0 Å². The highest BCUT2D eigenvalue weighted by atomic mass is 35.5. The molecule has 0 unspecified atom stereocenters. The van der Waals surface area contributed by atoms with Gasteiger partial charge in [0.1, 0.15) is 4.87 Å². The summed E-state index contributed by atoms with van der Waals surface area (Å²) in [6.45, 7) is 8.25. The molecule has 4 aliphatic rings. The normalized spacial score (nSPS) is 40.6. The third kappa shape index (κ3) is 3.34. The first-order valence-electron chi connectivity index (χ1n) is 12.6. The summed E-state index contributed by atoms with van der Waals surface area (Å²) in [5, 5.41) is 0. The van der Waals surface area contributed by atoms with Gasteiger partial charge in [0.05, 0.1) is 0 Å². The number of ketones is 3. The second-order valence-electron chi connectivity index (χ2n) is 10.9. The minimum atomic E-state index is -1.64. The summed E-state index contributed by atoms with van der Waals surface area (Å²) in [7, 11) is 0. The SMILES string of the molecule is CCC(=O)OCC(=O)[C@]1(OC(=O)CC)[C@@H](C)C[C@H]2[C@@H]3C=CC4=CC(=O)C=C[C@]4(C)[C@@]3(Cl)C(=O)C[C@@]21C. The number of alkyl halides is 1. The molecule has 0 spiro atoms. The van der Waals surface area contributed by atoms with Gasteiger partial charge in [-0.1, -0.05) is 45.9 Å². The zero-order chi connectivity index (χ0) is 26.7. The molecule has 2 fully saturated rings. The summed E-state index contributed by atoms with van der Waals surface area (Å²) in [6.07, 6.45) is 8.94. The Morgan fingerprint density at radius 2 is 1.75 bits per heavy atom. The molecular formula is C28H33ClO7. The van der Waals surface area contributed by atoms with Gasteiger partial charge >= 0.3 is 11.9 Å². The minimum absolute atomic E-state index is 0.0546. The van der Waals surface area contributed by atoms with Gasteiger partial charge in [0.25, 0.3) is 0 Å². The fourth-order valence-corrected chi connectivity index (χ4v) is 7.67. The van der Waals surface area contributed by atoms with E-state index in [9.17, 15) is 24.0 Å². The first-order valence-corrected chi connectivity index (χ1v) is 13.0. The van der Waals surface area contributed by atoms with Crippen molar-refractivity contribution in [3.8, 4) is 0 Å². The Hall–Kier alpha value is -2.54. The van der Waals surface area contributed by atoms with E-state index in [2.05, 4.69) is 0 Å². The smallest absolute Gasteiger partial charge is 0.306 e. The number of carbonyl (C=O) groups excluding carboxylic acids is 5. The molecule has 0 bridgehead atoms. The average molecular weight is 517 g/mol. The van der Waals surface area contributed by atoms with Crippen molar-refractivity contribution < 1.29 is 33.4 Å². The van der Waals surface area contributed by atoms with Crippen LogP contribution in [0, 0.1) is 28.6 Å². The molecule has 4 aliphatic carbocycles. The number of esters is 2. The Morgan fingerprint density at radius 1 is 1.08 bits per heavy atom. The molecule has 0 radical (unpaired) electrons. The summed E-state index contributed by atoms with van der Waals surface area (Å²) in [5.74, 6) is -3.23. The van der Waals surface area contributed by atoms with E-state index in [1.807, 2.05) is 32.9 Å². The molecule has 7 atom stereocenters. The van der Waals surface area contributed by atoms with E-state index in [0.717, 1.165) is 0 Å². The molecule has 36 heavy (non-hydrogen) atoms. The Kier molecular flexibility index (Phi) is 6.47. The van der Waals surface area contributed by atoms with Gasteiger partial charge in [-0.2, -0.15) is 0 Å². The van der Waals surface area contributed by atoms with Crippen LogP contribution in [0.25, 0.3) is 0 Å². The number of hydrogen-bond donors (Lipinski definition) is 0. The Morgan fingerprint density at radius 3 is 2.39 bits per heavy atom. The minimum Gasteiger partial charge on any atom is -0.457 e. The van der Waals surface area contributed by atoms with Gasteiger partial charge < -0.3 is 9.47 Å². The standard InChI is InChI=1S/C28H33ClO7/c1-6-23(33)35-15-22(32)28(36-24(34)7-2)16(3)12-20-19-9-8-17-13-18(30)10-11-25(17,4)27(19,29)21(31)14-26(20,28)5/h8-11,13,16,19-20H,6-7,12,14-15H2,1-5H3/t16-,19-,20-,25-,26-,27-,28+/m0/s1. The first kappa shape index (κ1) is 26.5. The fourth-order valence-electron chi connectivity index (χ4n) is 7.21. The predicted molar refractivity (Wildman–Crippen MR) is 132 cm³/mol. The summed E-state index contributed by atoms with van der Waals surface area (Å²) in [6, 6.07) is 0. The number of Topliss-reactive ketones (excluding diaryl/α,β-unsaturated/α-hetero) is 2. The van der Waals surface area contributed by atoms with Crippen molar-refractivity contribution in [2.24, 2.45) is 28.6 Å². The summed E-state index contributed by atoms with van der Waals surface area (Å²) in [4.78, 5) is 63.1. The van der Waals surface area contributed by atoms with Crippen LogP contribution in [0.3, 0.4) is 0 Å². The van der Waals surface area contributed by atoms with E-state index < -0.39 is 57.5 Å². The number of halogens is 1. The monoisotopic (exact) mass is 516 g/mol. The van der Waals surface area contributed by atoms with E-state index >= 15 is 0 Å². The number of carbonyl (C=O) groups is 5. The van der Waals surface area contributed by atoms with E-state index in [4.69, 9.17) is 21.1 Å². The second-order valence-corrected chi connectivity index (χ2v) is 11.5. The summed E-state index contributed by atoms with van der Waals surface area (Å²) < 4.78 is 11.2. The molecule has 194 valence electrons. The van der Waals surface area contributed by atoms with E-state index in [-0.39, 0.29) is 36.7 Å². The molecule has 0 saturated heterocycles. The van der Waals surface area contributed by atoms with Gasteiger partial charge in [0, 0.05) is 41.9 Å². The molecule has 4 rings (SSSR count). The maximum atomic E-state index is 14.1. The molecule has 0 aromatic heterocycles. The van der Waals surface area contributed by atoms with Gasteiger partial charge in [0.15, 0.2) is 23.8 Å². The zero-order valence-electron chi connectivity index (χ0n) is 21.4. The van der Waals surface area contributed by atoms with Crippen LogP contribution in [-0.2, 0) is 33.4 Å². The third-order valence-corrected chi connectivity index (χ3v) is 10.00. The molecule has 2 saturated carbocycles. The quantitative estimate of drug-likeness (QED) is 0.387. The molecule has 0 aliphatic heterocycles. The van der Waals surface area contributed by atoms with Gasteiger partial charge in [-0.3, -0.25) is 24.0 Å². The van der Waals surface area contributed by atoms with Crippen LogP contribution in [-0.4, -0.2) is 46.4 Å². The number of rotatable bonds is 6. The lowest BCUT2D eigenvalue weighted by molar-refractivity contribution is -0.195. The second kappa shape index (κ2) is 8.79. The van der Waals surface area contributed by atoms with Crippen LogP contribution in [0.4, 0.5) is 0 Å². The van der Waals surface area contributed by atoms with Gasteiger partial charge in [0.2, 0.25) is 5.78 Å². The molecular weight excluding hydrogens is 484 g/mol. The van der Waals surface area contributed by atoms with E-state index in [0.29, 0.717) is 12.0 Å². The number of ether oxygens (including phenoxy) is 2. The summed E-state index contributed by atoms with van der Waals surface area (Å²) >= 11 is 7.33. The maximum Gasteiger partial charge on any atom is 0.306 e. The predicted octanol–water partition coefficient (Wildman–Crippen LogP) is 4.07. The van der Waals surface area contributed by atoms with Crippen molar-refractivity contribution in [2.75, 3.05) is 6.61 Å². The van der Waals surface area contributed by atoms with Gasteiger partial charge in [-0.05, 0) is 37.0 Å². The van der Waals surface area contributed by atoms with Crippen molar-refractivity contribution >= 4 is 40.9 Å². The zero-order valence-corrected chi connectivity index (χ0v) is 22.1. The highest BCUT2D eigenvalue weighted by Crippen LogP contribution is 2.69. The van der Waals surface area contributed by atoms with Crippen LogP contribution >= 0.6 is 11.6 Å². The molecule has 0 heterocycles. The van der Waals surface area contributed by atoms with Crippen LogP contribution in [0.5, 0.6) is 0 Å². The molecule has 0 N–H and O–H groups in total. The molecule has 7 nitrogen and oxygen atoms in total. The van der Waals surface area contributed by atoms with Crippen molar-refractivity contribution in [1.29, 1.82) is 0 Å². The highest BCUT2D eigenvalue weighted by Gasteiger charge is 2.76. The van der Waals surface area contributed by atoms with Crippen molar-refractivity contribution in [1.82, 2.24) is 0 Å². The molecule has 0 aromatic carbocycles. The molecule has 8 heteroatoms. The first-order chi connectivity index (χ1) is 16.8. The average Bonchev–Trinajstić information content (AvgIpc) is 3.05. The largest absolute Gasteiger partial charge is 0.457 e. The van der Waals surface area contributed by atoms with Crippen LogP contribution in [0.15, 0.2) is 36.0 Å². The highest BCUT2D eigenvalue weighted by molar-refractivity contribution is 6.37. The van der Waals surface area contributed by atoms with Crippen LogP contribution in [0.1, 0.15) is 60.3 Å². The van der Waals surface area contributed by atoms with E-state index in [1.165, 1.54) is 12.2 Å².